The summed E-state index contributed by atoms with van der Waals surface area (Å²) in [7, 11) is 0. The Bertz CT molecular complexity index is 1010. The van der Waals surface area contributed by atoms with Crippen LogP contribution in [0.15, 0.2) is 67.0 Å². The highest BCUT2D eigenvalue weighted by molar-refractivity contribution is 5.89. The predicted molar refractivity (Wildman–Crippen MR) is 127 cm³/mol. The maximum absolute atomic E-state index is 14.6. The number of aryl methyl sites for hydroxylation is 1. The molecular weight excluding hydrogens is 405 g/mol. The van der Waals surface area contributed by atoms with Gasteiger partial charge in [0.25, 0.3) is 0 Å². The van der Waals surface area contributed by atoms with Crippen LogP contribution in [0, 0.1) is 12.3 Å². The largest absolute Gasteiger partial charge is 0.328 e. The van der Waals surface area contributed by atoms with Gasteiger partial charge in [-0.3, -0.25) is 0 Å². The molecule has 3 N–H and O–H groups in total. The van der Waals surface area contributed by atoms with Crippen molar-refractivity contribution >= 4 is 11.7 Å². The standard InChI is InChI=1S/C25H32FN5O/c1-18-10-12-21(13-11-18)30-15-14-28-23(30)22(25(2,3)4)31(17-19(26)16-27)24(32)29-20-8-6-5-7-9-20/h5-15,19,22H,16-17,27H2,1-4H3,(H,29,32). The van der Waals surface area contributed by atoms with Gasteiger partial charge >= 0.3 is 6.03 Å². The second kappa shape index (κ2) is 9.96. The first kappa shape index (κ1) is 23.5. The Morgan fingerprint density at radius 1 is 1.16 bits per heavy atom. The molecule has 0 aliphatic carbocycles. The van der Waals surface area contributed by atoms with E-state index < -0.39 is 23.7 Å². The third-order valence-corrected chi connectivity index (χ3v) is 5.29. The van der Waals surface area contributed by atoms with Crippen LogP contribution in [0.5, 0.6) is 0 Å². The van der Waals surface area contributed by atoms with Gasteiger partial charge in [0.1, 0.15) is 12.0 Å². The van der Waals surface area contributed by atoms with Gasteiger partial charge in [-0.2, -0.15) is 0 Å². The smallest absolute Gasteiger partial charge is 0.322 e. The summed E-state index contributed by atoms with van der Waals surface area (Å²) in [5.41, 5.74) is 7.86. The molecule has 170 valence electrons. The van der Waals surface area contributed by atoms with Crippen molar-refractivity contribution < 1.29 is 9.18 Å². The topological polar surface area (TPSA) is 76.2 Å². The van der Waals surface area contributed by atoms with Gasteiger partial charge in [0, 0.05) is 30.3 Å². The molecule has 0 bridgehead atoms. The van der Waals surface area contributed by atoms with E-state index in [-0.39, 0.29) is 13.1 Å². The van der Waals surface area contributed by atoms with Crippen LogP contribution in [0.3, 0.4) is 0 Å². The van der Waals surface area contributed by atoms with Gasteiger partial charge in [-0.1, -0.05) is 56.7 Å². The van der Waals surface area contributed by atoms with Crippen molar-refractivity contribution in [3.05, 3.63) is 78.4 Å². The Morgan fingerprint density at radius 3 is 2.41 bits per heavy atom. The molecule has 2 atom stereocenters. The van der Waals surface area contributed by atoms with Crippen LogP contribution < -0.4 is 11.1 Å². The molecule has 0 aliphatic heterocycles. The maximum atomic E-state index is 14.6. The van der Waals surface area contributed by atoms with Gasteiger partial charge in [0.05, 0.1) is 12.6 Å². The van der Waals surface area contributed by atoms with E-state index in [1.165, 1.54) is 4.90 Å². The number of anilines is 1. The zero-order valence-corrected chi connectivity index (χ0v) is 19.1. The van der Waals surface area contributed by atoms with Crippen LogP contribution in [0.2, 0.25) is 0 Å². The molecule has 2 amide bonds. The molecule has 0 saturated carbocycles. The second-order valence-corrected chi connectivity index (χ2v) is 9.04. The number of nitrogens with zero attached hydrogens (tertiary/aromatic N) is 3. The summed E-state index contributed by atoms with van der Waals surface area (Å²) in [5.74, 6) is 0.661. The van der Waals surface area contributed by atoms with E-state index in [1.807, 2.05) is 80.9 Å². The van der Waals surface area contributed by atoms with Crippen molar-refractivity contribution in [2.75, 3.05) is 18.4 Å². The first-order chi connectivity index (χ1) is 15.2. The number of amides is 2. The summed E-state index contributed by atoms with van der Waals surface area (Å²) in [6.45, 7) is 7.77. The number of para-hydroxylation sites is 1. The molecular formula is C25H32FN5O. The molecule has 3 aromatic rings. The van der Waals surface area contributed by atoms with Crippen LogP contribution >= 0.6 is 0 Å². The van der Waals surface area contributed by atoms with Crippen molar-refractivity contribution in [1.82, 2.24) is 14.5 Å². The molecule has 1 heterocycles. The minimum absolute atomic E-state index is 0.141. The van der Waals surface area contributed by atoms with Gasteiger partial charge in [0.2, 0.25) is 0 Å². The average molecular weight is 438 g/mol. The highest BCUT2D eigenvalue weighted by Gasteiger charge is 2.39. The Balaban J connectivity index is 2.05. The Morgan fingerprint density at radius 2 is 1.81 bits per heavy atom. The molecule has 0 fully saturated rings. The van der Waals surface area contributed by atoms with Crippen molar-refractivity contribution in [3.8, 4) is 5.69 Å². The molecule has 0 spiro atoms. The fraction of sp³-hybridized carbons (Fsp3) is 0.360. The highest BCUT2D eigenvalue weighted by Crippen LogP contribution is 2.38. The molecule has 7 heteroatoms. The number of hydrogen-bond donors (Lipinski definition) is 2. The van der Waals surface area contributed by atoms with Crippen molar-refractivity contribution in [2.45, 2.75) is 39.9 Å². The van der Waals surface area contributed by atoms with Crippen LogP contribution in [0.25, 0.3) is 5.69 Å². The number of nitrogens with two attached hydrogens (primary N) is 1. The minimum atomic E-state index is -1.36. The molecule has 3 rings (SSSR count). The molecule has 6 nitrogen and oxygen atoms in total. The zero-order chi connectivity index (χ0) is 23.3. The van der Waals surface area contributed by atoms with Gasteiger partial charge < -0.3 is 20.5 Å². The number of nitrogens with one attached hydrogen (secondary N) is 1. The first-order valence-electron chi connectivity index (χ1n) is 10.8. The third kappa shape index (κ3) is 5.53. The van der Waals surface area contributed by atoms with Gasteiger partial charge in [-0.25, -0.2) is 14.2 Å². The van der Waals surface area contributed by atoms with Gasteiger partial charge in [0.15, 0.2) is 0 Å². The van der Waals surface area contributed by atoms with E-state index in [0.717, 1.165) is 11.3 Å². The number of carbonyl (C=O) groups is 1. The Labute approximate surface area is 189 Å². The quantitative estimate of drug-likeness (QED) is 0.540. The molecule has 1 aromatic heterocycles. The monoisotopic (exact) mass is 437 g/mol. The van der Waals surface area contributed by atoms with Crippen LogP contribution in [0.4, 0.5) is 14.9 Å². The molecule has 2 aromatic carbocycles. The van der Waals surface area contributed by atoms with Crippen molar-refractivity contribution in [3.63, 3.8) is 0 Å². The Kier molecular flexibility index (Phi) is 7.30. The number of rotatable bonds is 7. The fourth-order valence-corrected chi connectivity index (χ4v) is 3.75. The number of alkyl halides is 1. The number of aromatic nitrogens is 2. The van der Waals surface area contributed by atoms with Gasteiger partial charge in [-0.05, 0) is 36.6 Å². The predicted octanol–water partition coefficient (Wildman–Crippen LogP) is 5.10. The maximum Gasteiger partial charge on any atom is 0.322 e. The average Bonchev–Trinajstić information content (AvgIpc) is 3.22. The SMILES string of the molecule is Cc1ccc(-n2ccnc2C(N(CC(F)CN)C(=O)Nc2ccccc2)C(C)(C)C)cc1. The van der Waals surface area contributed by atoms with E-state index in [1.54, 1.807) is 18.3 Å². The Hall–Kier alpha value is -3.19. The van der Waals surface area contributed by atoms with Crippen LogP contribution in [-0.2, 0) is 0 Å². The van der Waals surface area contributed by atoms with E-state index in [0.29, 0.717) is 11.5 Å². The lowest BCUT2D eigenvalue weighted by Gasteiger charge is -2.40. The normalized spacial score (nSPS) is 13.4. The second-order valence-electron chi connectivity index (χ2n) is 9.04. The molecule has 2 unspecified atom stereocenters. The number of benzene rings is 2. The van der Waals surface area contributed by atoms with Crippen molar-refractivity contribution in [1.29, 1.82) is 0 Å². The van der Waals surface area contributed by atoms with E-state index in [4.69, 9.17) is 5.73 Å². The third-order valence-electron chi connectivity index (χ3n) is 5.29. The molecule has 0 aliphatic rings. The summed E-state index contributed by atoms with van der Waals surface area (Å²) in [6.07, 6.45) is 2.21. The lowest BCUT2D eigenvalue weighted by atomic mass is 9.84. The minimum Gasteiger partial charge on any atom is -0.328 e. The first-order valence-corrected chi connectivity index (χ1v) is 10.8. The summed E-state index contributed by atoms with van der Waals surface area (Å²) in [6, 6.07) is 16.3. The molecule has 32 heavy (non-hydrogen) atoms. The molecule has 0 saturated heterocycles. The summed E-state index contributed by atoms with van der Waals surface area (Å²) >= 11 is 0. The van der Waals surface area contributed by atoms with Crippen LogP contribution in [-0.4, -0.2) is 39.7 Å². The number of halogens is 1. The van der Waals surface area contributed by atoms with E-state index in [2.05, 4.69) is 10.3 Å². The number of carbonyl (C=O) groups excluding carboxylic acids is 1. The van der Waals surface area contributed by atoms with E-state index in [9.17, 15) is 9.18 Å². The summed E-state index contributed by atoms with van der Waals surface area (Å²) < 4.78 is 16.5. The molecule has 0 radical (unpaired) electrons. The lowest BCUT2D eigenvalue weighted by Crippen LogP contribution is -2.48. The van der Waals surface area contributed by atoms with Crippen molar-refractivity contribution in [2.24, 2.45) is 11.1 Å². The summed E-state index contributed by atoms with van der Waals surface area (Å²) in [4.78, 5) is 19.5. The number of hydrogen-bond acceptors (Lipinski definition) is 3. The van der Waals surface area contributed by atoms with Gasteiger partial charge in [-0.15, -0.1) is 0 Å². The highest BCUT2D eigenvalue weighted by atomic mass is 19.1. The number of urea groups is 1. The van der Waals surface area contributed by atoms with Crippen LogP contribution in [0.1, 0.15) is 38.2 Å². The van der Waals surface area contributed by atoms with E-state index >= 15 is 0 Å². The fourth-order valence-electron chi connectivity index (χ4n) is 3.75. The number of imidazole rings is 1. The lowest BCUT2D eigenvalue weighted by molar-refractivity contribution is 0.0972. The summed E-state index contributed by atoms with van der Waals surface area (Å²) in [5, 5.41) is 2.90. The zero-order valence-electron chi connectivity index (χ0n) is 19.1.